The summed E-state index contributed by atoms with van der Waals surface area (Å²) in [7, 11) is 1.96. The average molecular weight is 168 g/mol. The maximum Gasteiger partial charge on any atom is 0.0513 e. The molecule has 12 heavy (non-hydrogen) atoms. The molecule has 0 aromatic rings. The van der Waals surface area contributed by atoms with Gasteiger partial charge in [-0.2, -0.15) is 0 Å². The smallest absolute Gasteiger partial charge is 0.0513 e. The molecule has 0 aromatic carbocycles. The number of hydrogen-bond donors (Lipinski definition) is 2. The van der Waals surface area contributed by atoms with Crippen molar-refractivity contribution >= 4 is 0 Å². The van der Waals surface area contributed by atoms with Gasteiger partial charge >= 0.3 is 0 Å². The van der Waals surface area contributed by atoms with Crippen molar-refractivity contribution in [2.24, 2.45) is 5.41 Å². The topological polar surface area (TPSA) is 24.1 Å². The van der Waals surface area contributed by atoms with Gasteiger partial charge in [-0.3, -0.25) is 0 Å². The molecule has 1 atom stereocenters. The second-order valence-corrected chi connectivity index (χ2v) is 4.00. The summed E-state index contributed by atoms with van der Waals surface area (Å²) in [5, 5.41) is 6.34. The minimum Gasteiger partial charge on any atom is -0.341 e. The molecule has 0 aromatic heterocycles. The van der Waals surface area contributed by atoms with Gasteiger partial charge in [0, 0.05) is 12.6 Å². The highest BCUT2D eigenvalue weighted by atomic mass is 15.0. The molecule has 70 valence electrons. The Kier molecular flexibility index (Phi) is 4.77. The molecule has 0 aliphatic rings. The molecule has 2 heteroatoms. The molecule has 0 rings (SSSR count). The molecule has 2 nitrogen and oxygen atoms in total. The molecule has 2 N–H and O–H groups in total. The SMILES string of the molecule is CC#CNC(CNC)C(C)(C)C. The van der Waals surface area contributed by atoms with Gasteiger partial charge in [-0.25, -0.2) is 0 Å². The molecular weight excluding hydrogens is 148 g/mol. The molecule has 1 unspecified atom stereocenters. The van der Waals surface area contributed by atoms with Crippen molar-refractivity contribution in [1.29, 1.82) is 0 Å². The molecule has 0 saturated heterocycles. The van der Waals surface area contributed by atoms with Crippen LogP contribution in [0.4, 0.5) is 0 Å². The molecule has 0 spiro atoms. The van der Waals surface area contributed by atoms with E-state index in [4.69, 9.17) is 0 Å². The van der Waals surface area contributed by atoms with Crippen LogP contribution in [-0.2, 0) is 0 Å². The normalized spacial score (nSPS) is 13.1. The van der Waals surface area contributed by atoms with Crippen molar-refractivity contribution < 1.29 is 0 Å². The molecule has 0 aliphatic heterocycles. The Labute approximate surface area is 76.1 Å². The zero-order valence-corrected chi connectivity index (χ0v) is 8.78. The van der Waals surface area contributed by atoms with Crippen molar-refractivity contribution in [3.8, 4) is 12.0 Å². The average Bonchev–Trinajstić information content (AvgIpc) is 1.95. The minimum absolute atomic E-state index is 0.243. The second-order valence-electron chi connectivity index (χ2n) is 4.00. The largest absolute Gasteiger partial charge is 0.341 e. The number of rotatable bonds is 3. The number of likely N-dealkylation sites (N-methyl/N-ethyl adjacent to an activating group) is 1. The zero-order chi connectivity index (χ0) is 9.61. The summed E-state index contributed by atoms with van der Waals surface area (Å²) < 4.78 is 0. The van der Waals surface area contributed by atoms with Crippen LogP contribution in [0.15, 0.2) is 0 Å². The Balaban J connectivity index is 4.10. The summed E-state index contributed by atoms with van der Waals surface area (Å²) >= 11 is 0. The lowest BCUT2D eigenvalue weighted by Crippen LogP contribution is -2.44. The number of nitrogens with one attached hydrogen (secondary N) is 2. The highest BCUT2D eigenvalue weighted by Gasteiger charge is 2.22. The first-order valence-electron chi connectivity index (χ1n) is 4.34. The van der Waals surface area contributed by atoms with Crippen LogP contribution in [0.3, 0.4) is 0 Å². The molecule has 0 fully saturated rings. The molecule has 0 heterocycles. The van der Waals surface area contributed by atoms with Crippen LogP contribution >= 0.6 is 0 Å². The van der Waals surface area contributed by atoms with Crippen LogP contribution in [0.1, 0.15) is 27.7 Å². The van der Waals surface area contributed by atoms with Crippen molar-refractivity contribution in [3.63, 3.8) is 0 Å². The van der Waals surface area contributed by atoms with Crippen LogP contribution in [0.25, 0.3) is 0 Å². The summed E-state index contributed by atoms with van der Waals surface area (Å²) in [6, 6.07) is 3.30. The van der Waals surface area contributed by atoms with Gasteiger partial charge in [-0.15, -0.1) is 0 Å². The first-order chi connectivity index (χ1) is 5.52. The highest BCUT2D eigenvalue weighted by molar-refractivity contribution is 4.97. The van der Waals surface area contributed by atoms with Crippen LogP contribution < -0.4 is 10.6 Å². The third-order valence-corrected chi connectivity index (χ3v) is 1.83. The van der Waals surface area contributed by atoms with Gasteiger partial charge < -0.3 is 10.6 Å². The Bertz CT molecular complexity index is 169. The minimum atomic E-state index is 0.243. The van der Waals surface area contributed by atoms with E-state index in [2.05, 4.69) is 43.4 Å². The summed E-state index contributed by atoms with van der Waals surface area (Å²) in [6.07, 6.45) is 0. The van der Waals surface area contributed by atoms with Crippen LogP contribution in [-0.4, -0.2) is 19.6 Å². The van der Waals surface area contributed by atoms with Crippen molar-refractivity contribution in [3.05, 3.63) is 0 Å². The predicted molar refractivity (Wildman–Crippen MR) is 53.8 cm³/mol. The van der Waals surface area contributed by atoms with E-state index in [0.29, 0.717) is 6.04 Å². The first-order valence-corrected chi connectivity index (χ1v) is 4.34. The Morgan fingerprint density at radius 1 is 1.33 bits per heavy atom. The summed E-state index contributed by atoms with van der Waals surface area (Å²) in [4.78, 5) is 0. The predicted octanol–water partition coefficient (Wildman–Crippen LogP) is 1.19. The van der Waals surface area contributed by atoms with Gasteiger partial charge in [0.2, 0.25) is 0 Å². The van der Waals surface area contributed by atoms with Crippen molar-refractivity contribution in [2.45, 2.75) is 33.7 Å². The van der Waals surface area contributed by atoms with E-state index in [9.17, 15) is 0 Å². The second kappa shape index (κ2) is 5.05. The maximum atomic E-state index is 3.19. The highest BCUT2D eigenvalue weighted by Crippen LogP contribution is 2.18. The zero-order valence-electron chi connectivity index (χ0n) is 8.78. The lowest BCUT2D eigenvalue weighted by atomic mass is 9.87. The van der Waals surface area contributed by atoms with E-state index in [0.717, 1.165) is 6.54 Å². The van der Waals surface area contributed by atoms with Crippen LogP contribution in [0.2, 0.25) is 0 Å². The molecule has 0 aliphatic carbocycles. The fraction of sp³-hybridized carbons (Fsp3) is 0.800. The van der Waals surface area contributed by atoms with Gasteiger partial charge in [0.05, 0.1) is 6.04 Å². The van der Waals surface area contributed by atoms with Gasteiger partial charge in [-0.1, -0.05) is 26.7 Å². The third kappa shape index (κ3) is 4.25. The summed E-state index contributed by atoms with van der Waals surface area (Å²) in [6.45, 7) is 9.41. The summed E-state index contributed by atoms with van der Waals surface area (Å²) in [5.41, 5.74) is 0.243. The fourth-order valence-corrected chi connectivity index (χ4v) is 0.937. The van der Waals surface area contributed by atoms with E-state index < -0.39 is 0 Å². The standard InChI is InChI=1S/C10H20N2/c1-6-7-12-9(8-11-5)10(2,3)4/h9,11-12H,8H2,1-5H3. The molecule has 0 radical (unpaired) electrons. The molecule has 0 bridgehead atoms. The molecular formula is C10H20N2. The monoisotopic (exact) mass is 168 g/mol. The number of hydrogen-bond acceptors (Lipinski definition) is 2. The lowest BCUT2D eigenvalue weighted by molar-refractivity contribution is 0.288. The van der Waals surface area contributed by atoms with Gasteiger partial charge in [0.15, 0.2) is 0 Å². The molecule has 0 amide bonds. The fourth-order valence-electron chi connectivity index (χ4n) is 0.937. The summed E-state index contributed by atoms with van der Waals surface area (Å²) in [5.74, 6) is 2.84. The van der Waals surface area contributed by atoms with Gasteiger partial charge in [-0.05, 0) is 19.4 Å². The van der Waals surface area contributed by atoms with Crippen LogP contribution in [0, 0.1) is 17.4 Å². The van der Waals surface area contributed by atoms with Gasteiger partial charge in [0.25, 0.3) is 0 Å². The Hall–Kier alpha value is -0.680. The lowest BCUT2D eigenvalue weighted by Gasteiger charge is -2.29. The van der Waals surface area contributed by atoms with E-state index in [1.165, 1.54) is 0 Å². The Morgan fingerprint density at radius 2 is 1.92 bits per heavy atom. The van der Waals surface area contributed by atoms with E-state index in [1.54, 1.807) is 0 Å². The van der Waals surface area contributed by atoms with Crippen molar-refractivity contribution in [1.82, 2.24) is 10.6 Å². The maximum absolute atomic E-state index is 3.19. The van der Waals surface area contributed by atoms with Crippen LogP contribution in [0.5, 0.6) is 0 Å². The Morgan fingerprint density at radius 3 is 2.25 bits per heavy atom. The molecule has 0 saturated carbocycles. The van der Waals surface area contributed by atoms with E-state index in [1.807, 2.05) is 14.0 Å². The van der Waals surface area contributed by atoms with E-state index >= 15 is 0 Å². The first kappa shape index (κ1) is 11.3. The van der Waals surface area contributed by atoms with Gasteiger partial charge in [0.1, 0.15) is 0 Å². The van der Waals surface area contributed by atoms with E-state index in [-0.39, 0.29) is 5.41 Å². The third-order valence-electron chi connectivity index (χ3n) is 1.83. The quantitative estimate of drug-likeness (QED) is 0.488. The van der Waals surface area contributed by atoms with Crippen molar-refractivity contribution in [2.75, 3.05) is 13.6 Å².